The zero-order valence-corrected chi connectivity index (χ0v) is 30.5. The lowest BCUT2D eigenvalue weighted by molar-refractivity contribution is 0.346. The van der Waals surface area contributed by atoms with E-state index in [0.717, 1.165) is 47.0 Å². The fraction of sp³-hybridized carbons (Fsp3) is 0.415. The fourth-order valence-electron chi connectivity index (χ4n) is 6.97. The fourth-order valence-corrected chi connectivity index (χ4v) is 8.05. The first kappa shape index (κ1) is 32.5. The smallest absolute Gasteiger partial charge is 0.173 e. The predicted octanol–water partition coefficient (Wildman–Crippen LogP) is 12.0. The molecule has 6 rings (SSSR count). The van der Waals surface area contributed by atoms with Gasteiger partial charge in [-0.3, -0.25) is 0 Å². The van der Waals surface area contributed by atoms with E-state index in [4.69, 9.17) is 14.0 Å². The number of rotatable bonds is 7. The van der Waals surface area contributed by atoms with Crippen molar-refractivity contribution < 1.29 is 14.0 Å². The number of aromatic nitrogens is 1. The summed E-state index contributed by atoms with van der Waals surface area (Å²) in [6, 6.07) is 26.5. The Morgan fingerprint density at radius 3 is 1.61 bits per heavy atom. The van der Waals surface area contributed by atoms with Gasteiger partial charge in [0.1, 0.15) is 8.81 Å². The highest BCUT2D eigenvalue weighted by molar-refractivity contribution is 7.34. The van der Waals surface area contributed by atoms with Crippen LogP contribution in [0.1, 0.15) is 104 Å². The van der Waals surface area contributed by atoms with Gasteiger partial charge in [0.25, 0.3) is 0 Å². The first-order chi connectivity index (χ1) is 21.7. The molecule has 0 bridgehead atoms. The van der Waals surface area contributed by atoms with Gasteiger partial charge in [-0.1, -0.05) is 118 Å². The van der Waals surface area contributed by atoms with Gasteiger partial charge in [-0.2, -0.15) is 0 Å². The highest BCUT2D eigenvalue weighted by Gasteiger charge is 2.41. The van der Waals surface area contributed by atoms with Gasteiger partial charge in [0.05, 0.1) is 23.4 Å². The normalized spacial score (nSPS) is 14.8. The lowest BCUT2D eigenvalue weighted by atomic mass is 9.72. The molecule has 4 nitrogen and oxygen atoms in total. The van der Waals surface area contributed by atoms with Crippen LogP contribution in [-0.4, -0.2) is 11.7 Å². The standard InChI is InChI=1S/C41H50NO3P/c1-12-41(13-2,42-32-20-16-14-18-28(32)29-19-15-17-21-33(29)42)46-45-35-25-27(39(6,7)8)23-31-37(35)44-36-30(40(31,9)10)22-26(38(3,4)5)24-34(36)43-11/h14-25,46H,12-13H2,1-11H3. The Hall–Kier alpha value is -3.49. The number of nitrogens with zero attached hydrogens (tertiary/aromatic N) is 1. The largest absolute Gasteiger partial charge is 0.493 e. The van der Waals surface area contributed by atoms with Gasteiger partial charge in [-0.25, -0.2) is 0 Å². The second-order valence-electron chi connectivity index (χ2n) is 15.4. The average Bonchev–Trinajstić information content (AvgIpc) is 3.35. The number of hydrogen-bond donors (Lipinski definition) is 0. The van der Waals surface area contributed by atoms with Crippen molar-refractivity contribution in [2.75, 3.05) is 7.11 Å². The van der Waals surface area contributed by atoms with Crippen LogP contribution in [0.2, 0.25) is 0 Å². The van der Waals surface area contributed by atoms with Crippen LogP contribution in [0.3, 0.4) is 0 Å². The Balaban J connectivity index is 1.52. The van der Waals surface area contributed by atoms with Gasteiger partial charge in [-0.15, -0.1) is 0 Å². The van der Waals surface area contributed by atoms with Crippen molar-refractivity contribution in [2.24, 2.45) is 0 Å². The van der Waals surface area contributed by atoms with Crippen molar-refractivity contribution in [2.45, 2.75) is 104 Å². The van der Waals surface area contributed by atoms with Crippen molar-refractivity contribution in [1.29, 1.82) is 0 Å². The third-order valence-electron chi connectivity index (χ3n) is 10.1. The van der Waals surface area contributed by atoms with E-state index in [1.54, 1.807) is 7.11 Å². The summed E-state index contributed by atoms with van der Waals surface area (Å²) in [5, 5.41) is 2.32. The molecule has 5 aromatic rings. The minimum Gasteiger partial charge on any atom is -0.493 e. The summed E-state index contributed by atoms with van der Waals surface area (Å²) in [7, 11) is 1.90. The zero-order chi connectivity index (χ0) is 33.2. The van der Waals surface area contributed by atoms with E-state index in [-0.39, 0.29) is 30.3 Å². The van der Waals surface area contributed by atoms with Gasteiger partial charge >= 0.3 is 0 Å². The van der Waals surface area contributed by atoms with Crippen molar-refractivity contribution in [3.05, 3.63) is 95.1 Å². The molecule has 4 aromatic carbocycles. The number of fused-ring (bicyclic) bond motifs is 5. The quantitative estimate of drug-likeness (QED) is 0.167. The molecule has 0 fully saturated rings. The van der Waals surface area contributed by atoms with Crippen molar-refractivity contribution in [3.63, 3.8) is 0 Å². The first-order valence-electron chi connectivity index (χ1n) is 16.7. The van der Waals surface area contributed by atoms with Crippen molar-refractivity contribution in [1.82, 2.24) is 4.57 Å². The molecule has 0 radical (unpaired) electrons. The Bertz CT molecular complexity index is 1880. The number of ether oxygens (including phenoxy) is 2. The van der Waals surface area contributed by atoms with E-state index >= 15 is 0 Å². The summed E-state index contributed by atoms with van der Waals surface area (Å²) in [5.41, 5.74) is 6.82. The minimum absolute atomic E-state index is 0.0300. The third kappa shape index (κ3) is 5.18. The van der Waals surface area contributed by atoms with Gasteiger partial charge in [0, 0.05) is 27.3 Å². The van der Waals surface area contributed by atoms with Crippen LogP contribution >= 0.6 is 8.81 Å². The third-order valence-corrected chi connectivity index (χ3v) is 11.8. The molecule has 0 saturated heterocycles. The molecular weight excluding hydrogens is 585 g/mol. The average molecular weight is 636 g/mol. The molecular formula is C41H50NO3P. The van der Waals surface area contributed by atoms with Crippen molar-refractivity contribution >= 4 is 30.6 Å². The maximum Gasteiger partial charge on any atom is 0.173 e. The number of methoxy groups -OCH3 is 1. The molecule has 0 N–H and O–H groups in total. The van der Waals surface area contributed by atoms with Crippen molar-refractivity contribution in [3.8, 4) is 23.0 Å². The highest BCUT2D eigenvalue weighted by atomic mass is 31.1. The molecule has 0 amide bonds. The van der Waals surface area contributed by atoms with Crippen LogP contribution in [0.5, 0.6) is 23.0 Å². The van der Waals surface area contributed by atoms with Gasteiger partial charge < -0.3 is 18.6 Å². The van der Waals surface area contributed by atoms with Crippen LogP contribution < -0.4 is 14.0 Å². The van der Waals surface area contributed by atoms with Gasteiger partial charge in [0.15, 0.2) is 23.0 Å². The summed E-state index contributed by atoms with van der Waals surface area (Å²) < 4.78 is 22.6. The second-order valence-corrected chi connectivity index (χ2v) is 16.8. The number of hydrogen-bond acceptors (Lipinski definition) is 3. The Kier molecular flexibility index (Phi) is 8.00. The molecule has 0 saturated carbocycles. The molecule has 0 aliphatic carbocycles. The number of para-hydroxylation sites is 2. The molecule has 1 aliphatic heterocycles. The Morgan fingerprint density at radius 1 is 0.696 bits per heavy atom. The summed E-state index contributed by atoms with van der Waals surface area (Å²) in [6.45, 7) is 22.7. The monoisotopic (exact) mass is 635 g/mol. The van der Waals surface area contributed by atoms with Crippen LogP contribution in [0, 0.1) is 0 Å². The van der Waals surface area contributed by atoms with E-state index in [0.29, 0.717) is 0 Å². The number of benzene rings is 4. The van der Waals surface area contributed by atoms with Crippen LogP contribution in [0.15, 0.2) is 72.8 Å². The summed E-state index contributed by atoms with van der Waals surface area (Å²) in [4.78, 5) is 0. The summed E-state index contributed by atoms with van der Waals surface area (Å²) in [5.74, 6) is 3.14. The molecule has 0 spiro atoms. The van der Waals surface area contributed by atoms with Crippen LogP contribution in [0.4, 0.5) is 0 Å². The van der Waals surface area contributed by atoms with E-state index < -0.39 is 0 Å². The minimum atomic E-state index is -0.334. The van der Waals surface area contributed by atoms with E-state index in [9.17, 15) is 0 Å². The molecule has 1 aliphatic rings. The SMILES string of the molecule is CCC(CC)(POc1cc(C(C)(C)C)cc2c1Oc1c(OC)cc(C(C)(C)C)cc1C2(C)C)n1c2ccccc2c2ccccc21. The van der Waals surface area contributed by atoms with E-state index in [1.807, 2.05) is 0 Å². The Morgan fingerprint density at radius 2 is 1.15 bits per heavy atom. The highest BCUT2D eigenvalue weighted by Crippen LogP contribution is 2.58. The topological polar surface area (TPSA) is 32.6 Å². The van der Waals surface area contributed by atoms with E-state index in [1.165, 1.54) is 32.9 Å². The maximum atomic E-state index is 7.11. The molecule has 2 heterocycles. The molecule has 1 aromatic heterocycles. The Labute approximate surface area is 277 Å². The predicted molar refractivity (Wildman–Crippen MR) is 196 cm³/mol. The molecule has 46 heavy (non-hydrogen) atoms. The molecule has 242 valence electrons. The van der Waals surface area contributed by atoms with Gasteiger partial charge in [0.2, 0.25) is 0 Å². The van der Waals surface area contributed by atoms with E-state index in [2.05, 4.69) is 147 Å². The molecule has 1 unspecified atom stereocenters. The lowest BCUT2D eigenvalue weighted by Gasteiger charge is -2.39. The van der Waals surface area contributed by atoms with Crippen LogP contribution in [0.25, 0.3) is 21.8 Å². The summed E-state index contributed by atoms with van der Waals surface area (Å²) >= 11 is 0. The zero-order valence-electron chi connectivity index (χ0n) is 29.5. The van der Waals surface area contributed by atoms with Gasteiger partial charge in [-0.05, 0) is 59.1 Å². The van der Waals surface area contributed by atoms with Crippen LogP contribution in [-0.2, 0) is 21.5 Å². The second kappa shape index (κ2) is 11.3. The molecule has 1 atom stereocenters. The molecule has 5 heteroatoms. The lowest BCUT2D eigenvalue weighted by Crippen LogP contribution is -2.29. The summed E-state index contributed by atoms with van der Waals surface area (Å²) in [6.07, 6.45) is 1.87. The maximum absolute atomic E-state index is 7.11. The first-order valence-corrected chi connectivity index (χ1v) is 17.6.